The molecule has 2 aliphatic rings. The van der Waals surface area contributed by atoms with Crippen LogP contribution in [0.4, 0.5) is 13.2 Å². The van der Waals surface area contributed by atoms with Crippen LogP contribution in [0.15, 0.2) is 109 Å². The maximum atomic E-state index is 15.4. The van der Waals surface area contributed by atoms with E-state index in [0.717, 1.165) is 16.7 Å². The summed E-state index contributed by atoms with van der Waals surface area (Å²) in [5.41, 5.74) is 1.03. The van der Waals surface area contributed by atoms with E-state index in [0.29, 0.717) is 36.0 Å². The molecule has 0 amide bonds. The number of hydrogen-bond donors (Lipinski definition) is 0. The third-order valence-corrected chi connectivity index (χ3v) is 11.3. The van der Waals surface area contributed by atoms with E-state index in [4.69, 9.17) is 18.3 Å². The minimum Gasteiger partial charge on any atom is -0.465 e. The molecule has 3 atom stereocenters. The largest absolute Gasteiger partial charge is 0.476 e. The van der Waals surface area contributed by atoms with E-state index in [-0.39, 0.29) is 19.6 Å². The molecule has 0 saturated heterocycles. The lowest BCUT2D eigenvalue weighted by molar-refractivity contribution is -0.274. The van der Waals surface area contributed by atoms with Crippen LogP contribution in [0.1, 0.15) is 63.9 Å². The first kappa shape index (κ1) is 34.1. The number of methoxy groups -OCH3 is 1. The molecule has 0 aliphatic heterocycles. The minimum atomic E-state index is -4.87. The number of phosphoric acid groups is 1. The lowest BCUT2D eigenvalue weighted by atomic mass is 9.52. The van der Waals surface area contributed by atoms with Crippen molar-refractivity contribution < 1.29 is 40.8 Å². The van der Waals surface area contributed by atoms with Gasteiger partial charge in [0.1, 0.15) is 0 Å². The molecule has 6 rings (SSSR count). The third kappa shape index (κ3) is 7.15. The fraction of sp³-hybridized carbons (Fsp3) is 0.342. The fourth-order valence-electron chi connectivity index (χ4n) is 7.36. The number of esters is 1. The molecule has 1 saturated carbocycles. The Labute approximate surface area is 278 Å². The summed E-state index contributed by atoms with van der Waals surface area (Å²) in [7, 11) is -3.46. The quantitative estimate of drug-likeness (QED) is 0.116. The number of aryl methyl sites for hydroxylation is 1. The van der Waals surface area contributed by atoms with Crippen LogP contribution in [0, 0.1) is 5.92 Å². The number of carbonyl (C=O) groups excluding carboxylic acids is 1. The highest BCUT2D eigenvalue weighted by atomic mass is 31.2. The molecule has 0 spiro atoms. The summed E-state index contributed by atoms with van der Waals surface area (Å²) in [5.74, 6) is -0.951. The van der Waals surface area contributed by atoms with Gasteiger partial charge in [0.25, 0.3) is 0 Å². The molecule has 0 N–H and O–H groups in total. The second-order valence-corrected chi connectivity index (χ2v) is 14.3. The smallest absolute Gasteiger partial charge is 0.465 e. The summed E-state index contributed by atoms with van der Waals surface area (Å²) in [6.07, 6.45) is -4.24. The van der Waals surface area contributed by atoms with E-state index >= 15 is 13.2 Å². The van der Waals surface area contributed by atoms with Crippen molar-refractivity contribution in [1.29, 1.82) is 0 Å². The molecule has 0 unspecified atom stereocenters. The Bertz CT molecular complexity index is 1700. The molecule has 2 aliphatic carbocycles. The lowest BCUT2D eigenvalue weighted by Gasteiger charge is -2.54. The van der Waals surface area contributed by atoms with E-state index in [1.165, 1.54) is 7.11 Å². The van der Waals surface area contributed by atoms with Crippen LogP contribution in [-0.2, 0) is 54.3 Å². The SMILES string of the molecule is COC(=O)c1ccc2c(c1)CC[C@@H]1C[C@@](OP(=O)(OCc3ccccc3)OCc3ccccc3)(C(F)(F)F)CC[C@@]21Cc1ccccc1. The monoisotopic (exact) mass is 678 g/mol. The molecular formula is C38H38F3O6P. The number of carbonyl (C=O) groups is 1. The topological polar surface area (TPSA) is 71.1 Å². The molecular weight excluding hydrogens is 640 g/mol. The second kappa shape index (κ2) is 14.0. The first-order valence-corrected chi connectivity index (χ1v) is 17.5. The summed E-state index contributed by atoms with van der Waals surface area (Å²) in [4.78, 5) is 12.4. The van der Waals surface area contributed by atoms with Gasteiger partial charge in [-0.3, -0.25) is 13.6 Å². The van der Waals surface area contributed by atoms with Crippen molar-refractivity contribution >= 4 is 13.8 Å². The van der Waals surface area contributed by atoms with Crippen molar-refractivity contribution in [2.45, 2.75) is 68.9 Å². The normalized spacial score (nSPS) is 22.4. The van der Waals surface area contributed by atoms with Gasteiger partial charge in [0.15, 0.2) is 5.60 Å². The molecule has 4 aromatic carbocycles. The standard InChI is InChI=1S/C38H38F3O6P/c1-44-35(42)32-18-20-34-31(23-32)17-19-33-25-37(38(39,40)41,22-21-36(33,34)24-28-11-5-2-6-12-28)47-48(43,45-26-29-13-7-3-8-14-29)46-27-30-15-9-4-10-16-30/h2-16,18,20,23,33H,17,19,21-22,24-27H2,1H3/t33-,36+,37-/m1/s1. The van der Waals surface area contributed by atoms with Gasteiger partial charge in [0.2, 0.25) is 0 Å². The van der Waals surface area contributed by atoms with Crippen LogP contribution < -0.4 is 0 Å². The third-order valence-electron chi connectivity index (χ3n) is 9.79. The van der Waals surface area contributed by atoms with Gasteiger partial charge in [-0.2, -0.15) is 13.2 Å². The van der Waals surface area contributed by atoms with Crippen molar-refractivity contribution in [3.8, 4) is 0 Å². The zero-order valence-electron chi connectivity index (χ0n) is 26.7. The Morgan fingerprint density at radius 1 is 0.812 bits per heavy atom. The Morgan fingerprint density at radius 3 is 1.92 bits per heavy atom. The molecule has 48 heavy (non-hydrogen) atoms. The van der Waals surface area contributed by atoms with Gasteiger partial charge in [-0.25, -0.2) is 9.36 Å². The number of halogens is 3. The minimum absolute atomic E-state index is 0.105. The average Bonchev–Trinajstić information content (AvgIpc) is 3.10. The maximum absolute atomic E-state index is 15.4. The lowest BCUT2D eigenvalue weighted by Crippen LogP contribution is -2.57. The van der Waals surface area contributed by atoms with Gasteiger partial charge in [-0.15, -0.1) is 0 Å². The van der Waals surface area contributed by atoms with Crippen LogP contribution in [0.2, 0.25) is 0 Å². The zero-order chi connectivity index (χ0) is 33.8. The number of benzene rings is 4. The Hall–Kier alpha value is -3.75. The van der Waals surface area contributed by atoms with Gasteiger partial charge in [0.05, 0.1) is 25.9 Å². The van der Waals surface area contributed by atoms with Gasteiger partial charge < -0.3 is 4.74 Å². The molecule has 0 radical (unpaired) electrons. The predicted molar refractivity (Wildman–Crippen MR) is 175 cm³/mol. The molecule has 0 bridgehead atoms. The summed E-state index contributed by atoms with van der Waals surface area (Å²) >= 11 is 0. The van der Waals surface area contributed by atoms with Crippen molar-refractivity contribution in [3.63, 3.8) is 0 Å². The van der Waals surface area contributed by atoms with Crippen molar-refractivity contribution in [2.24, 2.45) is 5.92 Å². The number of alkyl halides is 3. The average molecular weight is 679 g/mol. The van der Waals surface area contributed by atoms with E-state index in [1.807, 2.05) is 36.4 Å². The summed E-state index contributed by atoms with van der Waals surface area (Å²) in [5, 5.41) is 0. The summed E-state index contributed by atoms with van der Waals surface area (Å²) in [6.45, 7) is -0.504. The van der Waals surface area contributed by atoms with Crippen molar-refractivity contribution in [3.05, 3.63) is 143 Å². The predicted octanol–water partition coefficient (Wildman–Crippen LogP) is 9.56. The molecule has 252 valence electrons. The van der Waals surface area contributed by atoms with E-state index in [9.17, 15) is 9.36 Å². The maximum Gasteiger partial charge on any atom is 0.476 e. The summed E-state index contributed by atoms with van der Waals surface area (Å²) in [6, 6.07) is 32.6. The van der Waals surface area contributed by atoms with Crippen molar-refractivity contribution in [1.82, 2.24) is 0 Å². The Balaban J connectivity index is 1.36. The highest BCUT2D eigenvalue weighted by Crippen LogP contribution is 2.64. The van der Waals surface area contributed by atoms with E-state index in [1.54, 1.807) is 72.8 Å². The van der Waals surface area contributed by atoms with Crippen LogP contribution in [0.5, 0.6) is 0 Å². The zero-order valence-corrected chi connectivity index (χ0v) is 27.6. The molecule has 1 fully saturated rings. The fourth-order valence-corrected chi connectivity index (χ4v) is 8.85. The van der Waals surface area contributed by atoms with Gasteiger partial charge in [-0.05, 0) is 84.4 Å². The van der Waals surface area contributed by atoms with Crippen LogP contribution >= 0.6 is 7.82 Å². The number of hydrogen-bond acceptors (Lipinski definition) is 6. The number of phosphoric ester groups is 1. The summed E-state index contributed by atoms with van der Waals surface area (Å²) < 4.78 is 82.7. The van der Waals surface area contributed by atoms with Crippen molar-refractivity contribution in [2.75, 3.05) is 7.11 Å². The molecule has 4 aromatic rings. The van der Waals surface area contributed by atoms with Gasteiger partial charge >= 0.3 is 20.0 Å². The first-order valence-electron chi connectivity index (χ1n) is 16.0. The molecule has 10 heteroatoms. The molecule has 0 aromatic heterocycles. The second-order valence-electron chi connectivity index (χ2n) is 12.7. The van der Waals surface area contributed by atoms with E-state index < -0.39 is 49.7 Å². The highest BCUT2D eigenvalue weighted by Gasteiger charge is 2.65. The number of ether oxygens (including phenoxy) is 1. The number of fused-ring (bicyclic) bond motifs is 3. The number of rotatable bonds is 11. The van der Waals surface area contributed by atoms with Crippen LogP contribution in [-0.4, -0.2) is 24.9 Å². The van der Waals surface area contributed by atoms with Crippen LogP contribution in [0.25, 0.3) is 0 Å². The van der Waals surface area contributed by atoms with Gasteiger partial charge in [0, 0.05) is 5.41 Å². The van der Waals surface area contributed by atoms with Crippen LogP contribution in [0.3, 0.4) is 0 Å². The highest BCUT2D eigenvalue weighted by molar-refractivity contribution is 7.48. The first-order chi connectivity index (χ1) is 23.0. The Kier molecular flexibility index (Phi) is 9.96. The molecule has 0 heterocycles. The van der Waals surface area contributed by atoms with E-state index in [2.05, 4.69) is 0 Å². The molecule has 6 nitrogen and oxygen atoms in total. The van der Waals surface area contributed by atoms with Gasteiger partial charge in [-0.1, -0.05) is 97.1 Å². The Morgan fingerprint density at radius 2 is 1.38 bits per heavy atom.